The van der Waals surface area contributed by atoms with Crippen molar-refractivity contribution >= 4 is 46.5 Å². The maximum Gasteiger partial charge on any atom is 0.351 e. The van der Waals surface area contributed by atoms with Gasteiger partial charge in [0.1, 0.15) is 34.3 Å². The number of carbonyl (C=O) groups excluding carboxylic acids is 4. The lowest BCUT2D eigenvalue weighted by Gasteiger charge is -2.47. The Morgan fingerprint density at radius 3 is 2.37 bits per heavy atom. The number of nitrogen functional groups attached to an aromatic ring is 1. The van der Waals surface area contributed by atoms with E-state index in [1.165, 1.54) is 39.0 Å². The summed E-state index contributed by atoms with van der Waals surface area (Å²) < 4.78 is 47.7. The number of hydrogen-bond acceptors (Lipinski definition) is 18. The summed E-state index contributed by atoms with van der Waals surface area (Å²) >= 11 is 1.37. The number of rotatable bonds is 15. The molecule has 0 unspecified atom stereocenters. The van der Waals surface area contributed by atoms with Gasteiger partial charge in [-0.1, -0.05) is 45.8 Å². The number of nitrogens with two attached hydrogens (primary N) is 1. The molecule has 4 rings (SSSR count). The van der Waals surface area contributed by atoms with Gasteiger partial charge < -0.3 is 54.7 Å². The predicted molar refractivity (Wildman–Crippen MR) is 249 cm³/mol. The Hall–Kier alpha value is -4.44. The molecule has 18 nitrogen and oxygen atoms in total. The highest BCUT2D eigenvalue weighted by Crippen LogP contribution is 2.40. The number of nitrogens with zero attached hydrogens (tertiary/aromatic N) is 4. The fourth-order valence-corrected chi connectivity index (χ4v) is 9.55. The Kier molecular flexibility index (Phi) is 19.1. The van der Waals surface area contributed by atoms with Crippen molar-refractivity contribution < 1.29 is 62.3 Å². The standard InChI is InChI=1S/C47H71FN6O12S/c1-14-30(53-62-23-31-24-67-42(50-31)32-18-17-19-35(49)51-32)22-61-41-27(6)37(52-36(56)16-3)25(4)21-45(9,59)40(66-43-38(64-29(8)55)33(54(12)13)20-26(5)63-43)28(7)39(57)46(10,48)44(58)65-34(15-2)47(41,11)60/h17-19,24-26,28,33-34,38,40-41,43,59-60H,14-16,20-23H2,1-13H3,(H2,49,51)(H,52,56)/t25-,26-,28+,33+,34-,38-,40-,41-,43+,45-,46+,47-/m1/s1. The maximum absolute atomic E-state index is 17.0. The van der Waals surface area contributed by atoms with Crippen LogP contribution in [0.3, 0.4) is 0 Å². The molecule has 0 saturated carbocycles. The second kappa shape index (κ2) is 23.2. The van der Waals surface area contributed by atoms with Gasteiger partial charge in [0.25, 0.3) is 5.67 Å². The first-order valence-corrected chi connectivity index (χ1v) is 23.7. The number of likely N-dealkylation sites (N-methyl/N-ethyl adjacent to an activating group) is 1. The van der Waals surface area contributed by atoms with Crippen LogP contribution in [0, 0.1) is 11.8 Å². The summed E-state index contributed by atoms with van der Waals surface area (Å²) in [6, 6.07) is 4.85. The van der Waals surface area contributed by atoms with Gasteiger partial charge in [0.15, 0.2) is 24.8 Å². The first-order valence-electron chi connectivity index (χ1n) is 22.8. The maximum atomic E-state index is 17.0. The lowest BCUT2D eigenvalue weighted by molar-refractivity contribution is -0.296. The molecule has 1 saturated heterocycles. The molecule has 67 heavy (non-hydrogen) atoms. The Morgan fingerprint density at radius 2 is 1.78 bits per heavy atom. The lowest BCUT2D eigenvalue weighted by Crippen LogP contribution is -2.61. The Bertz CT molecular complexity index is 2110. The van der Waals surface area contributed by atoms with E-state index in [-0.39, 0.29) is 38.2 Å². The van der Waals surface area contributed by atoms with E-state index in [0.717, 1.165) is 6.92 Å². The molecule has 0 radical (unpaired) electrons. The minimum atomic E-state index is -3.32. The zero-order valence-corrected chi connectivity index (χ0v) is 41.9. The summed E-state index contributed by atoms with van der Waals surface area (Å²) in [6.07, 6.45) is -6.72. The van der Waals surface area contributed by atoms with E-state index >= 15 is 4.39 Å². The van der Waals surface area contributed by atoms with Crippen LogP contribution in [0.25, 0.3) is 10.7 Å². The molecule has 2 aromatic rings. The smallest absolute Gasteiger partial charge is 0.351 e. The number of thiazole rings is 1. The van der Waals surface area contributed by atoms with Crippen LogP contribution in [-0.4, -0.2) is 135 Å². The molecule has 374 valence electrons. The third kappa shape index (κ3) is 13.6. The van der Waals surface area contributed by atoms with Gasteiger partial charge in [0, 0.05) is 30.3 Å². The van der Waals surface area contributed by atoms with Gasteiger partial charge in [-0.2, -0.15) is 0 Å². The molecular formula is C47H71FN6O12S. The highest BCUT2D eigenvalue weighted by molar-refractivity contribution is 7.13. The summed E-state index contributed by atoms with van der Waals surface area (Å²) in [7, 11) is 3.59. The molecule has 1 amide bonds. The molecule has 5 N–H and O–H groups in total. The van der Waals surface area contributed by atoms with Crippen molar-refractivity contribution in [3.63, 3.8) is 0 Å². The molecular weight excluding hydrogens is 892 g/mol. The molecule has 0 bridgehead atoms. The van der Waals surface area contributed by atoms with Crippen LogP contribution in [0.1, 0.15) is 114 Å². The fraction of sp³-hybridized carbons (Fsp3) is 0.681. The van der Waals surface area contributed by atoms with Gasteiger partial charge in [-0.25, -0.2) is 19.2 Å². The SMILES string of the molecule is CCC(=O)NC1=C(C)[C@@H](OCC(CC)=NOCc2csc(-c3cccc(N)n3)n2)[C@](C)(O)[C@@H](CC)OC(=O)[C@@](C)(F)C(=O)[C@H](C)[C@@H](O[C@@H]2O[C@H](C)C[C@H](N(C)C)[C@H]2OC(C)=O)[C@](C)(O)C[C@H]1C. The van der Waals surface area contributed by atoms with Crippen molar-refractivity contribution in [1.29, 1.82) is 0 Å². The third-order valence-corrected chi connectivity index (χ3v) is 13.3. The van der Waals surface area contributed by atoms with Gasteiger partial charge in [0.2, 0.25) is 5.91 Å². The number of Topliss-reactive ketones (excluding diaryl/α,β-unsaturated/α-hetero) is 1. The summed E-state index contributed by atoms with van der Waals surface area (Å²) in [4.78, 5) is 70.5. The molecule has 2 aliphatic rings. The van der Waals surface area contributed by atoms with Crippen molar-refractivity contribution in [2.75, 3.05) is 26.4 Å². The van der Waals surface area contributed by atoms with Crippen LogP contribution in [0.2, 0.25) is 0 Å². The Balaban J connectivity index is 1.80. The number of oxime groups is 1. The normalized spacial score (nSPS) is 32.7. The zero-order chi connectivity index (χ0) is 50.2. The molecule has 2 aromatic heterocycles. The average molecular weight is 963 g/mol. The van der Waals surface area contributed by atoms with Gasteiger partial charge in [-0.05, 0) is 98.0 Å². The predicted octanol–water partition coefficient (Wildman–Crippen LogP) is 5.43. The minimum absolute atomic E-state index is 0.0114. The highest BCUT2D eigenvalue weighted by Gasteiger charge is 2.55. The number of esters is 2. The van der Waals surface area contributed by atoms with E-state index in [9.17, 15) is 29.4 Å². The van der Waals surface area contributed by atoms with Crippen LogP contribution < -0.4 is 11.1 Å². The first-order chi connectivity index (χ1) is 31.3. The molecule has 0 aromatic carbocycles. The highest BCUT2D eigenvalue weighted by atomic mass is 32.1. The number of pyridine rings is 1. The number of aromatic nitrogens is 2. The molecule has 1 fully saturated rings. The number of hydrogen-bond donors (Lipinski definition) is 4. The summed E-state index contributed by atoms with van der Waals surface area (Å²) in [5.74, 6) is -5.86. The van der Waals surface area contributed by atoms with Crippen LogP contribution in [0.15, 0.2) is 40.0 Å². The molecule has 2 aliphatic heterocycles. The van der Waals surface area contributed by atoms with E-state index < -0.39 is 95.2 Å². The fourth-order valence-electron chi connectivity index (χ4n) is 8.78. The number of halogens is 1. The van der Waals surface area contributed by atoms with E-state index in [1.54, 1.807) is 66.9 Å². The van der Waals surface area contributed by atoms with E-state index in [4.69, 9.17) is 34.3 Å². The van der Waals surface area contributed by atoms with Gasteiger partial charge in [0.05, 0.1) is 41.9 Å². The lowest BCUT2D eigenvalue weighted by atomic mass is 9.76. The monoisotopic (exact) mass is 962 g/mol. The number of amides is 1. The number of carbonyl (C=O) groups is 4. The van der Waals surface area contributed by atoms with Crippen molar-refractivity contribution in [3.8, 4) is 10.7 Å². The minimum Gasteiger partial charge on any atom is -0.457 e. The molecule has 0 spiro atoms. The second-order valence-electron chi connectivity index (χ2n) is 18.4. The third-order valence-electron chi connectivity index (χ3n) is 12.4. The van der Waals surface area contributed by atoms with Gasteiger partial charge in [-0.3, -0.25) is 14.4 Å². The van der Waals surface area contributed by atoms with Crippen molar-refractivity contribution in [1.82, 2.24) is 20.2 Å². The topological polar surface area (TPSA) is 244 Å². The number of nitrogens with one attached hydrogen (secondary N) is 1. The van der Waals surface area contributed by atoms with Gasteiger partial charge in [-0.15, -0.1) is 11.3 Å². The number of allylic oxidation sites excluding steroid dienone is 1. The van der Waals surface area contributed by atoms with Crippen LogP contribution in [0.5, 0.6) is 0 Å². The number of cyclic esters (lactones) is 1. The van der Waals surface area contributed by atoms with Crippen LogP contribution >= 0.6 is 11.3 Å². The molecule has 0 aliphatic carbocycles. The van der Waals surface area contributed by atoms with E-state index in [2.05, 4.69) is 20.4 Å². The number of ketones is 1. The van der Waals surface area contributed by atoms with E-state index in [0.29, 0.717) is 46.3 Å². The van der Waals surface area contributed by atoms with Crippen molar-refractivity contribution in [2.24, 2.45) is 17.0 Å². The Morgan fingerprint density at radius 1 is 1.09 bits per heavy atom. The number of aliphatic hydroxyl groups is 2. The molecule has 4 heterocycles. The first kappa shape index (κ1) is 55.2. The van der Waals surface area contributed by atoms with Crippen LogP contribution in [-0.2, 0) is 54.3 Å². The zero-order valence-electron chi connectivity index (χ0n) is 41.1. The molecule has 20 heteroatoms. The number of alkyl halides is 1. The van der Waals surface area contributed by atoms with E-state index in [1.807, 2.05) is 17.2 Å². The van der Waals surface area contributed by atoms with Crippen LogP contribution in [0.4, 0.5) is 10.2 Å². The summed E-state index contributed by atoms with van der Waals surface area (Å²) in [5.41, 5.74) is 0.525. The quantitative estimate of drug-likeness (QED) is 0.0752. The van der Waals surface area contributed by atoms with Crippen molar-refractivity contribution in [2.45, 2.75) is 175 Å². The average Bonchev–Trinajstić information content (AvgIpc) is 3.73. The second-order valence-corrected chi connectivity index (χ2v) is 19.3. The summed E-state index contributed by atoms with van der Waals surface area (Å²) in [5, 5.41) is 34.9. The van der Waals surface area contributed by atoms with Gasteiger partial charge >= 0.3 is 11.9 Å². The largest absolute Gasteiger partial charge is 0.457 e. The summed E-state index contributed by atoms with van der Waals surface area (Å²) in [6.45, 7) is 16.1. The number of anilines is 1. The van der Waals surface area contributed by atoms with Crippen molar-refractivity contribution in [3.05, 3.63) is 40.5 Å². The molecule has 12 atom stereocenters. The number of ether oxygens (including phenoxy) is 5. The Labute approximate surface area is 397 Å².